The highest BCUT2D eigenvalue weighted by molar-refractivity contribution is 5.89. The normalized spacial score (nSPS) is 17.5. The summed E-state index contributed by atoms with van der Waals surface area (Å²) in [6.07, 6.45) is 0.750. The molecular weight excluding hydrogens is 392 g/mol. The summed E-state index contributed by atoms with van der Waals surface area (Å²) in [7, 11) is 3.24. The summed E-state index contributed by atoms with van der Waals surface area (Å²) in [5, 5.41) is 0. The second-order valence-electron chi connectivity index (χ2n) is 7.55. The van der Waals surface area contributed by atoms with Crippen molar-refractivity contribution in [2.45, 2.75) is 31.7 Å². The average molecular weight is 418 g/mol. The second-order valence-corrected chi connectivity index (χ2v) is 7.55. The predicted molar refractivity (Wildman–Crippen MR) is 118 cm³/mol. The van der Waals surface area contributed by atoms with Crippen LogP contribution in [0.3, 0.4) is 0 Å². The maximum absolute atomic E-state index is 12.8. The third-order valence-corrected chi connectivity index (χ3v) is 5.58. The van der Waals surface area contributed by atoms with Crippen molar-refractivity contribution >= 4 is 5.97 Å². The van der Waals surface area contributed by atoms with Crippen LogP contribution in [-0.2, 0) is 28.9 Å². The van der Waals surface area contributed by atoms with E-state index in [9.17, 15) is 4.79 Å². The maximum atomic E-state index is 12.8. The lowest BCUT2D eigenvalue weighted by atomic mass is 9.87. The molecule has 3 aromatic carbocycles. The predicted octanol–water partition coefficient (Wildman–Crippen LogP) is 4.61. The van der Waals surface area contributed by atoms with Crippen LogP contribution >= 0.6 is 0 Å². The lowest BCUT2D eigenvalue weighted by Crippen LogP contribution is -2.40. The van der Waals surface area contributed by atoms with Crippen molar-refractivity contribution in [3.8, 4) is 11.5 Å². The molecule has 0 amide bonds. The Balaban J connectivity index is 1.48. The molecule has 5 nitrogen and oxygen atoms in total. The molecular formula is C26H26O5. The molecule has 0 spiro atoms. The zero-order chi connectivity index (χ0) is 21.6. The molecule has 0 saturated carbocycles. The molecule has 0 aromatic heterocycles. The summed E-state index contributed by atoms with van der Waals surface area (Å²) in [5.41, 5.74) is 3.96. The van der Waals surface area contributed by atoms with E-state index in [0.717, 1.165) is 11.3 Å². The molecule has 0 bridgehead atoms. The van der Waals surface area contributed by atoms with E-state index in [2.05, 4.69) is 12.1 Å². The molecule has 160 valence electrons. The van der Waals surface area contributed by atoms with Crippen molar-refractivity contribution in [2.75, 3.05) is 14.2 Å². The van der Waals surface area contributed by atoms with Crippen molar-refractivity contribution < 1.29 is 23.7 Å². The molecule has 0 N–H and O–H groups in total. The van der Waals surface area contributed by atoms with E-state index in [4.69, 9.17) is 18.9 Å². The molecule has 31 heavy (non-hydrogen) atoms. The van der Waals surface area contributed by atoms with Crippen molar-refractivity contribution in [3.05, 3.63) is 95.1 Å². The highest BCUT2D eigenvalue weighted by Gasteiger charge is 2.32. The Morgan fingerprint density at radius 3 is 1.90 bits per heavy atom. The van der Waals surface area contributed by atoms with Gasteiger partial charge in [-0.3, -0.25) is 0 Å². The van der Waals surface area contributed by atoms with Gasteiger partial charge in [0.05, 0.1) is 32.5 Å². The lowest BCUT2D eigenvalue weighted by molar-refractivity contribution is -0.0627. The van der Waals surface area contributed by atoms with Crippen LogP contribution in [0.4, 0.5) is 0 Å². The van der Waals surface area contributed by atoms with Gasteiger partial charge in [0.2, 0.25) is 0 Å². The number of ether oxygens (including phenoxy) is 4. The molecule has 0 aliphatic heterocycles. The molecule has 0 unspecified atom stereocenters. The van der Waals surface area contributed by atoms with E-state index >= 15 is 0 Å². The standard InChI is InChI=1S/C26H26O5/c1-28-22-11-7-18(8-12-22)17-30-24-15-20-5-3-4-6-21(20)16-25(24)31-26(27)19-9-13-23(29-2)14-10-19/h3-14,24-25H,15-17H2,1-2H3/t24-,25+/m1/s1. The van der Waals surface area contributed by atoms with Gasteiger partial charge in [0.15, 0.2) is 0 Å². The molecule has 1 aliphatic carbocycles. The van der Waals surface area contributed by atoms with E-state index in [0.29, 0.717) is 30.8 Å². The van der Waals surface area contributed by atoms with Gasteiger partial charge in [0.1, 0.15) is 17.6 Å². The van der Waals surface area contributed by atoms with Gasteiger partial charge in [-0.25, -0.2) is 4.79 Å². The number of rotatable bonds is 7. The molecule has 1 aliphatic rings. The molecule has 4 rings (SSSR count). The summed E-state index contributed by atoms with van der Waals surface area (Å²) in [5.74, 6) is 1.15. The van der Waals surface area contributed by atoms with E-state index in [-0.39, 0.29) is 18.2 Å². The summed E-state index contributed by atoms with van der Waals surface area (Å²) < 4.78 is 22.5. The monoisotopic (exact) mass is 418 g/mol. The molecule has 5 heteroatoms. The van der Waals surface area contributed by atoms with Crippen molar-refractivity contribution in [1.82, 2.24) is 0 Å². The zero-order valence-corrected chi connectivity index (χ0v) is 17.7. The Labute approximate surface area is 182 Å². The van der Waals surface area contributed by atoms with E-state index in [1.54, 1.807) is 38.5 Å². The number of esters is 1. The van der Waals surface area contributed by atoms with Gasteiger partial charge in [-0.1, -0.05) is 36.4 Å². The smallest absolute Gasteiger partial charge is 0.338 e. The SMILES string of the molecule is COc1ccc(CO[C@@H]2Cc3ccccc3C[C@@H]2OC(=O)c2ccc(OC)cc2)cc1. The minimum atomic E-state index is -0.359. The fourth-order valence-corrected chi connectivity index (χ4v) is 3.79. The largest absolute Gasteiger partial charge is 0.497 e. The van der Waals surface area contributed by atoms with Crippen LogP contribution in [0.2, 0.25) is 0 Å². The Hall–Kier alpha value is -3.31. The van der Waals surface area contributed by atoms with Crippen LogP contribution < -0.4 is 9.47 Å². The summed E-state index contributed by atoms with van der Waals surface area (Å²) >= 11 is 0. The fourth-order valence-electron chi connectivity index (χ4n) is 3.79. The molecule has 3 aromatic rings. The first-order valence-electron chi connectivity index (χ1n) is 10.3. The first-order chi connectivity index (χ1) is 15.2. The van der Waals surface area contributed by atoms with E-state index in [1.807, 2.05) is 36.4 Å². The van der Waals surface area contributed by atoms with Crippen molar-refractivity contribution in [2.24, 2.45) is 0 Å². The maximum Gasteiger partial charge on any atom is 0.338 e. The second kappa shape index (κ2) is 9.67. The van der Waals surface area contributed by atoms with Crippen LogP contribution in [0.1, 0.15) is 27.0 Å². The summed E-state index contributed by atoms with van der Waals surface area (Å²) in [4.78, 5) is 12.8. The van der Waals surface area contributed by atoms with E-state index in [1.165, 1.54) is 11.1 Å². The van der Waals surface area contributed by atoms with Crippen molar-refractivity contribution in [1.29, 1.82) is 0 Å². The van der Waals surface area contributed by atoms with Crippen LogP contribution in [0.15, 0.2) is 72.8 Å². The number of carbonyl (C=O) groups excluding carboxylic acids is 1. The van der Waals surface area contributed by atoms with Gasteiger partial charge >= 0.3 is 5.97 Å². The molecule has 2 atom stereocenters. The highest BCUT2D eigenvalue weighted by Crippen LogP contribution is 2.27. The van der Waals surface area contributed by atoms with E-state index < -0.39 is 0 Å². The van der Waals surface area contributed by atoms with Gasteiger partial charge in [-0.15, -0.1) is 0 Å². The van der Waals surface area contributed by atoms with Gasteiger partial charge < -0.3 is 18.9 Å². The minimum absolute atomic E-state index is 0.223. The lowest BCUT2D eigenvalue weighted by Gasteiger charge is -2.32. The van der Waals surface area contributed by atoms with Gasteiger partial charge in [-0.05, 0) is 53.1 Å². The molecule has 0 fully saturated rings. The van der Waals surface area contributed by atoms with Crippen LogP contribution in [0, 0.1) is 0 Å². The molecule has 0 radical (unpaired) electrons. The molecule has 0 saturated heterocycles. The summed E-state index contributed by atoms with van der Waals surface area (Å²) in [6.45, 7) is 0.438. The fraction of sp³-hybridized carbons (Fsp3) is 0.269. The first kappa shape index (κ1) is 20.9. The Morgan fingerprint density at radius 2 is 1.32 bits per heavy atom. The van der Waals surface area contributed by atoms with Gasteiger partial charge in [0.25, 0.3) is 0 Å². The highest BCUT2D eigenvalue weighted by atomic mass is 16.6. The first-order valence-corrected chi connectivity index (χ1v) is 10.3. The average Bonchev–Trinajstić information content (AvgIpc) is 2.83. The topological polar surface area (TPSA) is 54.0 Å². The Morgan fingerprint density at radius 1 is 0.774 bits per heavy atom. The number of benzene rings is 3. The number of hydrogen-bond donors (Lipinski definition) is 0. The van der Waals surface area contributed by atoms with Crippen LogP contribution in [0.5, 0.6) is 11.5 Å². The number of methoxy groups -OCH3 is 2. The third-order valence-electron chi connectivity index (χ3n) is 5.58. The number of fused-ring (bicyclic) bond motifs is 1. The van der Waals surface area contributed by atoms with Gasteiger partial charge in [0, 0.05) is 12.8 Å². The Kier molecular flexibility index (Phi) is 6.53. The third kappa shape index (κ3) is 5.06. The number of carbonyl (C=O) groups is 1. The van der Waals surface area contributed by atoms with Crippen LogP contribution in [-0.4, -0.2) is 32.4 Å². The molecule has 0 heterocycles. The van der Waals surface area contributed by atoms with Gasteiger partial charge in [-0.2, -0.15) is 0 Å². The Bertz CT molecular complexity index is 1010. The quantitative estimate of drug-likeness (QED) is 0.525. The zero-order valence-electron chi connectivity index (χ0n) is 17.7. The minimum Gasteiger partial charge on any atom is -0.497 e. The number of hydrogen-bond acceptors (Lipinski definition) is 5. The summed E-state index contributed by atoms with van der Waals surface area (Å²) in [6, 6.07) is 23.0. The van der Waals surface area contributed by atoms with Crippen LogP contribution in [0.25, 0.3) is 0 Å². The van der Waals surface area contributed by atoms with Crippen molar-refractivity contribution in [3.63, 3.8) is 0 Å².